The van der Waals surface area contributed by atoms with Gasteiger partial charge in [0.15, 0.2) is 0 Å². The molecule has 0 bridgehead atoms. The number of aromatic nitrogens is 1. The minimum Gasteiger partial charge on any atom is -0.339 e. The summed E-state index contributed by atoms with van der Waals surface area (Å²) >= 11 is 3.17. The number of piperidine rings is 1. The van der Waals surface area contributed by atoms with Gasteiger partial charge in [-0.2, -0.15) is 16.6 Å². The zero-order valence-corrected chi connectivity index (χ0v) is 18.8. The Morgan fingerprint density at radius 1 is 1.30 bits per heavy atom. The van der Waals surface area contributed by atoms with Gasteiger partial charge in [-0.3, -0.25) is 9.69 Å². The molecule has 0 aliphatic carbocycles. The van der Waals surface area contributed by atoms with E-state index in [1.165, 1.54) is 18.2 Å². The largest absolute Gasteiger partial charge is 0.339 e. The summed E-state index contributed by atoms with van der Waals surface area (Å²) in [5.74, 6) is 0.122. The van der Waals surface area contributed by atoms with Gasteiger partial charge in [0.2, 0.25) is 5.91 Å². The second-order valence-corrected chi connectivity index (χ2v) is 9.72. The molecule has 4 heterocycles. The van der Waals surface area contributed by atoms with Gasteiger partial charge in [-0.05, 0) is 78.1 Å². The molecule has 0 saturated carbocycles. The van der Waals surface area contributed by atoms with E-state index in [9.17, 15) is 10.1 Å². The molecule has 2 aliphatic rings. The van der Waals surface area contributed by atoms with Gasteiger partial charge in [-0.15, -0.1) is 11.8 Å². The Kier molecular flexibility index (Phi) is 6.57. The predicted molar refractivity (Wildman–Crippen MR) is 122 cm³/mol. The fourth-order valence-corrected chi connectivity index (χ4v) is 5.62. The number of amides is 1. The van der Waals surface area contributed by atoms with E-state index in [1.54, 1.807) is 17.4 Å². The van der Waals surface area contributed by atoms with Crippen molar-refractivity contribution in [3.05, 3.63) is 51.9 Å². The first-order valence-electron chi connectivity index (χ1n) is 10.3. The summed E-state index contributed by atoms with van der Waals surface area (Å²) in [5, 5.41) is 14.1. The van der Waals surface area contributed by atoms with Crippen molar-refractivity contribution in [1.82, 2.24) is 14.8 Å². The van der Waals surface area contributed by atoms with Crippen molar-refractivity contribution < 1.29 is 4.79 Å². The lowest BCUT2D eigenvalue weighted by Crippen LogP contribution is -2.43. The maximum absolute atomic E-state index is 12.5. The monoisotopic (exact) mass is 438 g/mol. The predicted octanol–water partition coefficient (Wildman–Crippen LogP) is 4.26. The smallest absolute Gasteiger partial charge is 0.246 e. The number of hydrogen-bond donors (Lipinski definition) is 0. The molecule has 0 atom stereocenters. The summed E-state index contributed by atoms with van der Waals surface area (Å²) in [4.78, 5) is 21.7. The third-order valence-electron chi connectivity index (χ3n) is 6.23. The quantitative estimate of drug-likeness (QED) is 0.516. The summed E-state index contributed by atoms with van der Waals surface area (Å²) in [6.07, 6.45) is 8.90. The number of carbonyl (C=O) groups excluding carboxylic acids is 1. The molecule has 1 spiro atoms. The summed E-state index contributed by atoms with van der Waals surface area (Å²) in [6.45, 7) is 4.64. The van der Waals surface area contributed by atoms with Crippen LogP contribution < -0.4 is 0 Å². The number of carbonyl (C=O) groups is 1. The third-order valence-corrected chi connectivity index (χ3v) is 7.63. The highest BCUT2D eigenvalue weighted by molar-refractivity contribution is 7.98. The Balaban J connectivity index is 1.30. The highest BCUT2D eigenvalue weighted by atomic mass is 32.2. The molecule has 30 heavy (non-hydrogen) atoms. The first kappa shape index (κ1) is 21.1. The van der Waals surface area contributed by atoms with Crippen LogP contribution in [0.3, 0.4) is 0 Å². The van der Waals surface area contributed by atoms with Crippen molar-refractivity contribution in [3.8, 4) is 6.07 Å². The molecule has 4 rings (SSSR count). The number of pyridine rings is 1. The molecule has 5 nitrogen and oxygen atoms in total. The normalized spacial score (nSPS) is 18.9. The molecule has 0 unspecified atom stereocenters. The van der Waals surface area contributed by atoms with Crippen LogP contribution in [0, 0.1) is 16.7 Å². The molecular formula is C23H26N4OS2. The molecule has 0 radical (unpaired) electrons. The SMILES string of the molecule is CSc1nc(CN2CCC3(CCN(C(=O)/C=C/c4ccsc4)CC3)C2)ccc1C#N. The summed E-state index contributed by atoms with van der Waals surface area (Å²) in [6, 6.07) is 8.10. The van der Waals surface area contributed by atoms with Crippen molar-refractivity contribution in [2.24, 2.45) is 5.41 Å². The lowest BCUT2D eigenvalue weighted by atomic mass is 9.78. The van der Waals surface area contributed by atoms with Crippen LogP contribution in [-0.2, 0) is 11.3 Å². The van der Waals surface area contributed by atoms with Crippen LogP contribution in [-0.4, -0.2) is 53.1 Å². The fraction of sp³-hybridized carbons (Fsp3) is 0.435. The van der Waals surface area contributed by atoms with Crippen molar-refractivity contribution in [2.45, 2.75) is 30.8 Å². The van der Waals surface area contributed by atoms with Gasteiger partial charge in [0, 0.05) is 32.3 Å². The topological polar surface area (TPSA) is 60.2 Å². The van der Waals surface area contributed by atoms with Gasteiger partial charge >= 0.3 is 0 Å². The van der Waals surface area contributed by atoms with Gasteiger partial charge in [0.25, 0.3) is 0 Å². The Hall–Kier alpha value is -2.14. The Labute approximate surface area is 186 Å². The summed E-state index contributed by atoms with van der Waals surface area (Å²) < 4.78 is 0. The van der Waals surface area contributed by atoms with Gasteiger partial charge in [0.05, 0.1) is 11.3 Å². The second-order valence-electron chi connectivity index (χ2n) is 8.15. The molecule has 2 saturated heterocycles. The molecule has 2 fully saturated rings. The summed E-state index contributed by atoms with van der Waals surface area (Å²) in [5.41, 5.74) is 3.09. The molecule has 0 aromatic carbocycles. The van der Waals surface area contributed by atoms with Crippen LogP contribution in [0.4, 0.5) is 0 Å². The van der Waals surface area contributed by atoms with Crippen molar-refractivity contribution >= 4 is 35.1 Å². The zero-order chi connectivity index (χ0) is 21.0. The number of nitrogens with zero attached hydrogens (tertiary/aromatic N) is 4. The maximum Gasteiger partial charge on any atom is 0.246 e. The minimum absolute atomic E-state index is 0.122. The number of thiophene rings is 1. The van der Waals surface area contributed by atoms with Crippen molar-refractivity contribution in [1.29, 1.82) is 5.26 Å². The molecule has 1 amide bonds. The van der Waals surface area contributed by atoms with Gasteiger partial charge in [-0.1, -0.05) is 0 Å². The van der Waals surface area contributed by atoms with E-state index < -0.39 is 0 Å². The van der Waals surface area contributed by atoms with Gasteiger partial charge in [0.1, 0.15) is 11.1 Å². The standard InChI is InChI=1S/C23H26N4OS2/c1-29-22-19(14-24)3-4-20(25-22)15-26-10-7-23(17-26)8-11-27(12-9-23)21(28)5-2-18-6-13-30-16-18/h2-6,13,16H,7-12,15,17H2,1H3/b5-2+. The van der Waals surface area contributed by atoms with Gasteiger partial charge in [-0.25, -0.2) is 4.98 Å². The van der Waals surface area contributed by atoms with E-state index >= 15 is 0 Å². The lowest BCUT2D eigenvalue weighted by molar-refractivity contribution is -0.128. The zero-order valence-electron chi connectivity index (χ0n) is 17.2. The molecule has 2 aliphatic heterocycles. The molecular weight excluding hydrogens is 412 g/mol. The molecule has 2 aromatic heterocycles. The third kappa shape index (κ3) is 4.77. The highest BCUT2D eigenvalue weighted by Crippen LogP contribution is 2.40. The first-order chi connectivity index (χ1) is 14.6. The number of nitriles is 1. The van der Waals surface area contributed by atoms with E-state index in [0.29, 0.717) is 11.0 Å². The number of likely N-dealkylation sites (tertiary alicyclic amines) is 2. The average Bonchev–Trinajstić information content (AvgIpc) is 3.43. The van der Waals surface area contributed by atoms with Crippen LogP contribution in [0.5, 0.6) is 0 Å². The van der Waals surface area contributed by atoms with Crippen LogP contribution in [0.25, 0.3) is 6.08 Å². The summed E-state index contributed by atoms with van der Waals surface area (Å²) in [7, 11) is 0. The maximum atomic E-state index is 12.5. The molecule has 156 valence electrons. The number of hydrogen-bond acceptors (Lipinski definition) is 6. The number of rotatable bonds is 5. The Morgan fingerprint density at radius 2 is 2.10 bits per heavy atom. The van der Waals surface area contributed by atoms with E-state index in [0.717, 1.165) is 61.8 Å². The Bertz CT molecular complexity index is 956. The van der Waals surface area contributed by atoms with E-state index in [4.69, 9.17) is 0 Å². The first-order valence-corrected chi connectivity index (χ1v) is 12.4. The molecule has 0 N–H and O–H groups in total. The van der Waals surface area contributed by atoms with E-state index in [-0.39, 0.29) is 5.91 Å². The average molecular weight is 439 g/mol. The second kappa shape index (κ2) is 9.34. The van der Waals surface area contributed by atoms with E-state index in [2.05, 4.69) is 16.0 Å². The van der Waals surface area contributed by atoms with Gasteiger partial charge < -0.3 is 4.90 Å². The van der Waals surface area contributed by atoms with Crippen molar-refractivity contribution in [3.63, 3.8) is 0 Å². The van der Waals surface area contributed by atoms with Crippen molar-refractivity contribution in [2.75, 3.05) is 32.4 Å². The molecule has 2 aromatic rings. The minimum atomic E-state index is 0.122. The fourth-order valence-electron chi connectivity index (χ4n) is 4.45. The van der Waals surface area contributed by atoms with Crippen LogP contribution >= 0.6 is 23.1 Å². The van der Waals surface area contributed by atoms with Crippen LogP contribution in [0.15, 0.2) is 40.1 Å². The Morgan fingerprint density at radius 3 is 2.80 bits per heavy atom. The highest BCUT2D eigenvalue weighted by Gasteiger charge is 2.41. The van der Waals surface area contributed by atoms with Crippen LogP contribution in [0.1, 0.15) is 36.1 Å². The lowest BCUT2D eigenvalue weighted by Gasteiger charge is -2.39. The van der Waals surface area contributed by atoms with Crippen LogP contribution in [0.2, 0.25) is 0 Å². The molecule has 7 heteroatoms. The number of thioether (sulfide) groups is 1. The van der Waals surface area contributed by atoms with E-state index in [1.807, 2.05) is 46.2 Å².